The highest BCUT2D eigenvalue weighted by Gasteiger charge is 2.13. The zero-order chi connectivity index (χ0) is 23.4. The van der Waals surface area contributed by atoms with Crippen molar-refractivity contribution in [3.8, 4) is 23.1 Å². The second kappa shape index (κ2) is 9.51. The summed E-state index contributed by atoms with van der Waals surface area (Å²) in [4.78, 5) is 25.2. The molecule has 170 valence electrons. The van der Waals surface area contributed by atoms with Gasteiger partial charge in [-0.15, -0.1) is 0 Å². The third-order valence-corrected chi connectivity index (χ3v) is 4.87. The predicted octanol–water partition coefficient (Wildman–Crippen LogP) is 3.79. The number of ether oxygens (including phenoxy) is 3. The van der Waals surface area contributed by atoms with Gasteiger partial charge in [0.25, 0.3) is 0 Å². The monoisotopic (exact) mass is 448 g/mol. The van der Waals surface area contributed by atoms with Crippen LogP contribution in [0.5, 0.6) is 23.1 Å². The van der Waals surface area contributed by atoms with Gasteiger partial charge in [0.05, 0.1) is 49.6 Å². The Hall–Kier alpha value is -4.21. The molecule has 0 aliphatic carbocycles. The van der Waals surface area contributed by atoms with E-state index >= 15 is 0 Å². The third-order valence-electron chi connectivity index (χ3n) is 4.87. The Kier molecular flexibility index (Phi) is 6.34. The van der Waals surface area contributed by atoms with Crippen molar-refractivity contribution in [2.45, 2.75) is 26.3 Å². The minimum atomic E-state index is -0.178. The van der Waals surface area contributed by atoms with Gasteiger partial charge < -0.3 is 19.5 Å². The minimum Gasteiger partial charge on any atom is -0.493 e. The predicted molar refractivity (Wildman–Crippen MR) is 122 cm³/mol. The highest BCUT2D eigenvalue weighted by atomic mass is 16.5. The zero-order valence-corrected chi connectivity index (χ0v) is 18.8. The van der Waals surface area contributed by atoms with Crippen LogP contribution in [0.2, 0.25) is 0 Å². The van der Waals surface area contributed by atoms with Crippen LogP contribution in [-0.4, -0.2) is 44.9 Å². The molecule has 10 heteroatoms. The Balaban J connectivity index is 1.45. The molecule has 0 radical (unpaired) electrons. The van der Waals surface area contributed by atoms with Crippen molar-refractivity contribution >= 4 is 22.5 Å². The quantitative estimate of drug-likeness (QED) is 0.433. The van der Waals surface area contributed by atoms with E-state index in [-0.39, 0.29) is 18.4 Å². The highest BCUT2D eigenvalue weighted by molar-refractivity contribution is 5.91. The second-order valence-electron chi connectivity index (χ2n) is 7.52. The lowest BCUT2D eigenvalue weighted by molar-refractivity contribution is -0.115. The van der Waals surface area contributed by atoms with Crippen LogP contribution in [0.4, 0.5) is 5.69 Å². The van der Waals surface area contributed by atoms with Crippen LogP contribution in [0.25, 0.3) is 10.9 Å². The van der Waals surface area contributed by atoms with Crippen molar-refractivity contribution in [2.75, 3.05) is 19.5 Å². The molecule has 1 N–H and O–H groups in total. The fourth-order valence-corrected chi connectivity index (χ4v) is 3.18. The maximum absolute atomic E-state index is 12.3. The van der Waals surface area contributed by atoms with Crippen LogP contribution in [0.1, 0.15) is 25.6 Å². The van der Waals surface area contributed by atoms with E-state index in [1.807, 2.05) is 13.8 Å². The SMILES string of the molecule is COc1cc2ncnc(Oc3ccc(CC(=O)Nc4cnn(C(C)C)c4)nc3)c2cc1OC. The zero-order valence-electron chi connectivity index (χ0n) is 18.8. The van der Waals surface area contributed by atoms with Crippen molar-refractivity contribution in [2.24, 2.45) is 0 Å². The van der Waals surface area contributed by atoms with Gasteiger partial charge in [0.2, 0.25) is 11.8 Å². The standard InChI is InChI=1S/C23H24N6O4/c1-14(2)29-12-16(10-27-29)28-22(30)7-15-5-6-17(11-24-15)33-23-18-8-20(31-3)21(32-4)9-19(18)25-13-26-23/h5-6,8-14H,7H2,1-4H3,(H,28,30). The molecule has 0 aliphatic heterocycles. The second-order valence-corrected chi connectivity index (χ2v) is 7.52. The molecule has 0 bridgehead atoms. The number of nitrogens with zero attached hydrogens (tertiary/aromatic N) is 5. The van der Waals surface area contributed by atoms with E-state index in [0.717, 1.165) is 0 Å². The molecule has 3 heterocycles. The molecule has 0 unspecified atom stereocenters. The molecule has 0 saturated heterocycles. The summed E-state index contributed by atoms with van der Waals surface area (Å²) in [5, 5.41) is 7.71. The highest BCUT2D eigenvalue weighted by Crippen LogP contribution is 2.35. The van der Waals surface area contributed by atoms with Crippen LogP contribution in [-0.2, 0) is 11.2 Å². The summed E-state index contributed by atoms with van der Waals surface area (Å²) in [5.41, 5.74) is 1.91. The first-order chi connectivity index (χ1) is 16.0. The fourth-order valence-electron chi connectivity index (χ4n) is 3.18. The third kappa shape index (κ3) is 5.00. The Morgan fingerprint density at radius 2 is 1.85 bits per heavy atom. The number of hydrogen-bond donors (Lipinski definition) is 1. The molecule has 0 saturated carbocycles. The number of anilines is 1. The van der Waals surface area contributed by atoms with Crippen molar-refractivity contribution < 1.29 is 19.0 Å². The van der Waals surface area contributed by atoms with Crippen molar-refractivity contribution in [1.29, 1.82) is 0 Å². The van der Waals surface area contributed by atoms with Gasteiger partial charge in [-0.05, 0) is 32.0 Å². The van der Waals surface area contributed by atoms with Crippen LogP contribution >= 0.6 is 0 Å². The molecular weight excluding hydrogens is 424 g/mol. The first kappa shape index (κ1) is 22.0. The largest absolute Gasteiger partial charge is 0.493 e. The number of pyridine rings is 1. The van der Waals surface area contributed by atoms with Crippen LogP contribution in [0, 0.1) is 0 Å². The fraction of sp³-hybridized carbons (Fsp3) is 0.261. The number of nitrogens with one attached hydrogen (secondary N) is 1. The van der Waals surface area contributed by atoms with Gasteiger partial charge in [-0.3, -0.25) is 14.5 Å². The van der Waals surface area contributed by atoms with Crippen molar-refractivity contribution in [3.63, 3.8) is 0 Å². The van der Waals surface area contributed by atoms with Crippen LogP contribution in [0.3, 0.4) is 0 Å². The van der Waals surface area contributed by atoms with Gasteiger partial charge in [-0.2, -0.15) is 5.10 Å². The number of benzene rings is 1. The number of fused-ring (bicyclic) bond motifs is 1. The molecular formula is C23H24N6O4. The summed E-state index contributed by atoms with van der Waals surface area (Å²) in [7, 11) is 3.12. The van der Waals surface area contributed by atoms with E-state index in [2.05, 4.69) is 25.4 Å². The number of carbonyl (C=O) groups is 1. The van der Waals surface area contributed by atoms with E-state index in [0.29, 0.717) is 45.4 Å². The van der Waals surface area contributed by atoms with E-state index in [4.69, 9.17) is 14.2 Å². The molecule has 4 rings (SSSR count). The maximum Gasteiger partial charge on any atom is 0.230 e. The number of methoxy groups -OCH3 is 2. The van der Waals surface area contributed by atoms with E-state index in [1.54, 1.807) is 61.8 Å². The first-order valence-corrected chi connectivity index (χ1v) is 10.3. The van der Waals surface area contributed by atoms with Crippen LogP contribution < -0.4 is 19.5 Å². The average Bonchev–Trinajstić information content (AvgIpc) is 3.28. The van der Waals surface area contributed by atoms with E-state index in [9.17, 15) is 4.79 Å². The lowest BCUT2D eigenvalue weighted by atomic mass is 10.2. The minimum absolute atomic E-state index is 0.126. The normalized spacial score (nSPS) is 10.9. The topological polar surface area (TPSA) is 113 Å². The Bertz CT molecular complexity index is 1270. The van der Waals surface area contributed by atoms with Gasteiger partial charge in [0.1, 0.15) is 12.1 Å². The summed E-state index contributed by atoms with van der Waals surface area (Å²) < 4.78 is 18.4. The summed E-state index contributed by atoms with van der Waals surface area (Å²) in [5.74, 6) is 1.77. The average molecular weight is 448 g/mol. The Morgan fingerprint density at radius 1 is 1.06 bits per heavy atom. The van der Waals surface area contributed by atoms with Gasteiger partial charge in [-0.25, -0.2) is 9.97 Å². The number of hydrogen-bond acceptors (Lipinski definition) is 8. The lowest BCUT2D eigenvalue weighted by Crippen LogP contribution is -2.14. The summed E-state index contributed by atoms with van der Waals surface area (Å²) in [6.45, 7) is 4.04. The maximum atomic E-state index is 12.3. The molecule has 33 heavy (non-hydrogen) atoms. The van der Waals surface area contributed by atoms with Crippen molar-refractivity contribution in [1.82, 2.24) is 24.7 Å². The first-order valence-electron chi connectivity index (χ1n) is 10.3. The molecule has 3 aromatic heterocycles. The van der Waals surface area contributed by atoms with E-state index < -0.39 is 0 Å². The molecule has 0 aliphatic rings. The number of rotatable bonds is 8. The van der Waals surface area contributed by atoms with E-state index in [1.165, 1.54) is 6.33 Å². The Morgan fingerprint density at radius 3 is 2.52 bits per heavy atom. The van der Waals surface area contributed by atoms with Gasteiger partial charge >= 0.3 is 0 Å². The Labute approximate surface area is 190 Å². The molecule has 1 aromatic carbocycles. The molecule has 0 spiro atoms. The smallest absolute Gasteiger partial charge is 0.230 e. The molecule has 0 atom stereocenters. The number of aromatic nitrogens is 5. The van der Waals surface area contributed by atoms with Gasteiger partial charge in [0, 0.05) is 24.0 Å². The lowest BCUT2D eigenvalue weighted by Gasteiger charge is -2.11. The van der Waals surface area contributed by atoms with Crippen LogP contribution in [0.15, 0.2) is 49.2 Å². The van der Waals surface area contributed by atoms with Crippen molar-refractivity contribution in [3.05, 3.63) is 54.9 Å². The molecule has 1 amide bonds. The summed E-state index contributed by atoms with van der Waals surface area (Å²) >= 11 is 0. The molecule has 10 nitrogen and oxygen atoms in total. The number of carbonyl (C=O) groups excluding carboxylic acids is 1. The number of amides is 1. The summed E-state index contributed by atoms with van der Waals surface area (Å²) in [6.07, 6.45) is 6.51. The van der Waals surface area contributed by atoms with Gasteiger partial charge in [0.15, 0.2) is 11.5 Å². The molecule has 4 aromatic rings. The molecule has 0 fully saturated rings. The summed E-state index contributed by atoms with van der Waals surface area (Å²) in [6, 6.07) is 7.21. The van der Waals surface area contributed by atoms with Gasteiger partial charge in [-0.1, -0.05) is 0 Å².